The van der Waals surface area contributed by atoms with Gasteiger partial charge in [0.1, 0.15) is 5.82 Å². The molecule has 0 saturated carbocycles. The number of nitrogens with zero attached hydrogens (tertiary/aromatic N) is 3. The molecule has 27 heavy (non-hydrogen) atoms. The van der Waals surface area contributed by atoms with Gasteiger partial charge < -0.3 is 15.2 Å². The number of amides is 2. The molecular formula is C20H26N6O. The Morgan fingerprint density at radius 3 is 2.93 bits per heavy atom. The lowest BCUT2D eigenvalue weighted by atomic mass is 10.1. The fourth-order valence-corrected chi connectivity index (χ4v) is 3.70. The van der Waals surface area contributed by atoms with Crippen LogP contribution in [0.25, 0.3) is 11.0 Å². The minimum atomic E-state index is -0.205. The van der Waals surface area contributed by atoms with Crippen LogP contribution in [0.5, 0.6) is 0 Å². The van der Waals surface area contributed by atoms with Gasteiger partial charge >= 0.3 is 6.03 Å². The van der Waals surface area contributed by atoms with Crippen molar-refractivity contribution < 1.29 is 4.79 Å². The molecule has 2 heterocycles. The van der Waals surface area contributed by atoms with E-state index in [1.807, 2.05) is 31.2 Å². The van der Waals surface area contributed by atoms with Crippen molar-refractivity contribution in [1.82, 2.24) is 30.4 Å². The Morgan fingerprint density at radius 1 is 1.26 bits per heavy atom. The quantitative estimate of drug-likeness (QED) is 0.618. The summed E-state index contributed by atoms with van der Waals surface area (Å²) in [7, 11) is 1.80. The van der Waals surface area contributed by atoms with Crippen molar-refractivity contribution in [3.8, 4) is 0 Å². The number of benzene rings is 1. The van der Waals surface area contributed by atoms with Crippen molar-refractivity contribution in [2.24, 2.45) is 0 Å². The molecule has 1 aromatic carbocycles. The first kappa shape index (κ1) is 17.6. The van der Waals surface area contributed by atoms with Crippen molar-refractivity contribution in [2.45, 2.75) is 51.6 Å². The highest BCUT2D eigenvalue weighted by molar-refractivity contribution is 5.76. The number of aromatic nitrogens is 4. The molecule has 7 nitrogen and oxygen atoms in total. The van der Waals surface area contributed by atoms with Gasteiger partial charge in [0.05, 0.1) is 29.3 Å². The molecular weight excluding hydrogens is 340 g/mol. The van der Waals surface area contributed by atoms with Gasteiger partial charge in [-0.05, 0) is 50.3 Å². The lowest BCUT2D eigenvalue weighted by Crippen LogP contribution is -2.38. The predicted octanol–water partition coefficient (Wildman–Crippen LogP) is 3.46. The maximum atomic E-state index is 12.6. The van der Waals surface area contributed by atoms with Crippen LogP contribution in [0.4, 0.5) is 4.79 Å². The van der Waals surface area contributed by atoms with Crippen LogP contribution in [0.3, 0.4) is 0 Å². The molecule has 1 unspecified atom stereocenters. The van der Waals surface area contributed by atoms with Gasteiger partial charge in [-0.15, -0.1) is 0 Å². The molecule has 142 valence electrons. The van der Waals surface area contributed by atoms with E-state index in [-0.39, 0.29) is 12.1 Å². The molecule has 0 radical (unpaired) electrons. The Morgan fingerprint density at radius 2 is 2.07 bits per heavy atom. The lowest BCUT2D eigenvalue weighted by Gasteiger charge is -2.20. The Hall–Kier alpha value is -2.83. The average Bonchev–Trinajstić information content (AvgIpc) is 3.18. The molecule has 0 fully saturated rings. The first-order chi connectivity index (χ1) is 13.1. The summed E-state index contributed by atoms with van der Waals surface area (Å²) in [6, 6.07) is 7.52. The standard InChI is InChI=1S/C20H26N6O/c1-13(19-22-16-10-6-7-11-17(16)23-19)21-20(27)26(2)12-18-14-8-4-3-5-9-15(14)24-25-18/h6-7,10-11,13H,3-5,8-9,12H2,1-2H3,(H,21,27)(H,22,23)(H,24,25). The minimum absolute atomic E-state index is 0.131. The van der Waals surface area contributed by atoms with Crippen LogP contribution in [0.2, 0.25) is 0 Å². The van der Waals surface area contributed by atoms with Crippen molar-refractivity contribution in [1.29, 1.82) is 0 Å². The highest BCUT2D eigenvalue weighted by atomic mass is 16.2. The Balaban J connectivity index is 1.41. The van der Waals surface area contributed by atoms with E-state index in [0.29, 0.717) is 6.54 Å². The number of H-pyrrole nitrogens is 2. The molecule has 4 rings (SSSR count). The Kier molecular flexibility index (Phi) is 4.83. The van der Waals surface area contributed by atoms with Gasteiger partial charge in [0.15, 0.2) is 0 Å². The number of aryl methyl sites for hydroxylation is 1. The third kappa shape index (κ3) is 3.67. The smallest absolute Gasteiger partial charge is 0.318 e. The molecule has 7 heteroatoms. The van der Waals surface area contributed by atoms with E-state index in [1.54, 1.807) is 11.9 Å². The second-order valence-corrected chi connectivity index (χ2v) is 7.35. The summed E-state index contributed by atoms with van der Waals surface area (Å²) in [4.78, 5) is 22.2. The van der Waals surface area contributed by atoms with E-state index < -0.39 is 0 Å². The van der Waals surface area contributed by atoms with E-state index >= 15 is 0 Å². The maximum absolute atomic E-state index is 12.6. The van der Waals surface area contributed by atoms with Gasteiger partial charge in [-0.25, -0.2) is 9.78 Å². The van der Waals surface area contributed by atoms with Crippen LogP contribution < -0.4 is 5.32 Å². The third-order valence-corrected chi connectivity index (χ3v) is 5.28. The van der Waals surface area contributed by atoms with Gasteiger partial charge in [-0.3, -0.25) is 5.10 Å². The topological polar surface area (TPSA) is 89.7 Å². The first-order valence-electron chi connectivity index (χ1n) is 9.63. The normalized spacial score (nSPS) is 15.2. The fraction of sp³-hybridized carbons (Fsp3) is 0.450. The summed E-state index contributed by atoms with van der Waals surface area (Å²) in [5.74, 6) is 0.756. The van der Waals surface area contributed by atoms with Crippen molar-refractivity contribution >= 4 is 17.1 Å². The monoisotopic (exact) mass is 366 g/mol. The number of hydrogen-bond acceptors (Lipinski definition) is 3. The number of fused-ring (bicyclic) bond motifs is 2. The molecule has 0 spiro atoms. The number of hydrogen-bond donors (Lipinski definition) is 3. The first-order valence-corrected chi connectivity index (χ1v) is 9.63. The third-order valence-electron chi connectivity index (χ3n) is 5.28. The number of urea groups is 1. The number of nitrogens with one attached hydrogen (secondary N) is 3. The molecule has 1 aliphatic carbocycles. The number of imidazole rings is 1. The van der Waals surface area contributed by atoms with Crippen LogP contribution in [-0.4, -0.2) is 38.1 Å². The predicted molar refractivity (Wildman–Crippen MR) is 104 cm³/mol. The second kappa shape index (κ2) is 7.42. The summed E-state index contributed by atoms with van der Waals surface area (Å²) >= 11 is 0. The van der Waals surface area contributed by atoms with Gasteiger partial charge in [-0.1, -0.05) is 18.6 Å². The zero-order valence-electron chi connectivity index (χ0n) is 15.9. The summed E-state index contributed by atoms with van der Waals surface area (Å²) in [5.41, 5.74) is 5.41. The highest BCUT2D eigenvalue weighted by Crippen LogP contribution is 2.22. The molecule has 2 amide bonds. The Labute approximate surface area is 158 Å². The van der Waals surface area contributed by atoms with Gasteiger partial charge in [0.2, 0.25) is 0 Å². The van der Waals surface area contributed by atoms with Crippen molar-refractivity contribution in [2.75, 3.05) is 7.05 Å². The molecule has 0 aliphatic heterocycles. The van der Waals surface area contributed by atoms with E-state index in [2.05, 4.69) is 25.5 Å². The van der Waals surface area contributed by atoms with Gasteiger partial charge in [0, 0.05) is 12.7 Å². The zero-order valence-corrected chi connectivity index (χ0v) is 15.9. The molecule has 0 bridgehead atoms. The lowest BCUT2D eigenvalue weighted by molar-refractivity contribution is 0.202. The highest BCUT2D eigenvalue weighted by Gasteiger charge is 2.20. The number of carbonyl (C=O) groups is 1. The molecule has 1 aliphatic rings. The maximum Gasteiger partial charge on any atom is 0.318 e. The SMILES string of the molecule is CC(NC(=O)N(C)Cc1n[nH]c2c1CCCCC2)c1nc2ccccc2[nH]1. The van der Waals surface area contributed by atoms with Crippen LogP contribution in [0, 0.1) is 0 Å². The average molecular weight is 366 g/mol. The summed E-state index contributed by atoms with van der Waals surface area (Å²) in [5, 5.41) is 10.6. The molecule has 3 aromatic rings. The minimum Gasteiger partial charge on any atom is -0.340 e. The molecule has 3 N–H and O–H groups in total. The van der Waals surface area contributed by atoms with Crippen LogP contribution in [0.15, 0.2) is 24.3 Å². The molecule has 0 saturated heterocycles. The van der Waals surface area contributed by atoms with Crippen LogP contribution >= 0.6 is 0 Å². The number of para-hydroxylation sites is 2. The van der Waals surface area contributed by atoms with Gasteiger partial charge in [0.25, 0.3) is 0 Å². The second-order valence-electron chi connectivity index (χ2n) is 7.35. The van der Waals surface area contributed by atoms with Crippen molar-refractivity contribution in [3.63, 3.8) is 0 Å². The van der Waals surface area contributed by atoms with Crippen LogP contribution in [0.1, 0.15) is 55.0 Å². The van der Waals surface area contributed by atoms with E-state index in [0.717, 1.165) is 35.4 Å². The molecule has 1 atom stereocenters. The summed E-state index contributed by atoms with van der Waals surface area (Å²) in [6.07, 6.45) is 5.76. The largest absolute Gasteiger partial charge is 0.340 e. The number of rotatable bonds is 4. The molecule has 2 aromatic heterocycles. The van der Waals surface area contributed by atoms with E-state index in [4.69, 9.17) is 0 Å². The summed E-state index contributed by atoms with van der Waals surface area (Å²) < 4.78 is 0. The fourth-order valence-electron chi connectivity index (χ4n) is 3.70. The van der Waals surface area contributed by atoms with E-state index in [1.165, 1.54) is 30.5 Å². The van der Waals surface area contributed by atoms with Crippen molar-refractivity contribution in [3.05, 3.63) is 47.0 Å². The van der Waals surface area contributed by atoms with Gasteiger partial charge in [-0.2, -0.15) is 5.10 Å². The number of aromatic amines is 2. The zero-order chi connectivity index (χ0) is 18.8. The number of carbonyl (C=O) groups excluding carboxylic acids is 1. The summed E-state index contributed by atoms with van der Waals surface area (Å²) in [6.45, 7) is 2.44. The van der Waals surface area contributed by atoms with Crippen LogP contribution in [-0.2, 0) is 19.4 Å². The Bertz CT molecular complexity index is 910. The van der Waals surface area contributed by atoms with E-state index in [9.17, 15) is 4.79 Å².